The summed E-state index contributed by atoms with van der Waals surface area (Å²) < 4.78 is 4.61. The molecule has 13 heavy (non-hydrogen) atoms. The van der Waals surface area contributed by atoms with Gasteiger partial charge < -0.3 is 4.74 Å². The molecule has 1 saturated carbocycles. The van der Waals surface area contributed by atoms with E-state index in [4.69, 9.17) is 0 Å². The Balaban J connectivity index is 2.18. The van der Waals surface area contributed by atoms with E-state index < -0.39 is 5.41 Å². The number of hydrogen-bond donors (Lipinski definition) is 0. The molecule has 2 fully saturated rings. The van der Waals surface area contributed by atoms with Gasteiger partial charge in [-0.1, -0.05) is 12.8 Å². The lowest BCUT2D eigenvalue weighted by molar-refractivity contribution is -0.155. The molecule has 1 atom stereocenters. The van der Waals surface area contributed by atoms with Gasteiger partial charge in [-0.2, -0.15) is 0 Å². The van der Waals surface area contributed by atoms with Gasteiger partial charge in [0.25, 0.3) is 0 Å². The number of carbonyl (C=O) groups is 2. The highest BCUT2D eigenvalue weighted by molar-refractivity contribution is 5.97. The molecule has 2 aliphatic rings. The van der Waals surface area contributed by atoms with E-state index in [2.05, 4.69) is 4.74 Å². The van der Waals surface area contributed by atoms with E-state index in [9.17, 15) is 9.59 Å². The van der Waals surface area contributed by atoms with E-state index in [0.717, 1.165) is 12.8 Å². The summed E-state index contributed by atoms with van der Waals surface area (Å²) in [7, 11) is 0. The molecule has 2 rings (SSSR count). The summed E-state index contributed by atoms with van der Waals surface area (Å²) in [5.74, 6) is -0.282. The van der Waals surface area contributed by atoms with E-state index >= 15 is 0 Å². The molecule has 0 spiro atoms. The fourth-order valence-electron chi connectivity index (χ4n) is 2.50. The molecule has 0 aromatic rings. The first kappa shape index (κ1) is 8.73. The van der Waals surface area contributed by atoms with Gasteiger partial charge in [-0.3, -0.25) is 9.59 Å². The maximum atomic E-state index is 11.5. The van der Waals surface area contributed by atoms with Gasteiger partial charge in [0.1, 0.15) is 0 Å². The summed E-state index contributed by atoms with van der Waals surface area (Å²) in [6, 6.07) is 0. The molecule has 1 heterocycles. The number of hydrogen-bond acceptors (Lipinski definition) is 3. The molecule has 3 heteroatoms. The number of carbonyl (C=O) groups excluding carboxylic acids is 2. The third-order valence-corrected chi connectivity index (χ3v) is 3.44. The summed E-state index contributed by atoms with van der Waals surface area (Å²) in [5.41, 5.74) is -0.506. The number of ether oxygens (including phenoxy) is 1. The molecule has 0 aromatic carbocycles. The Morgan fingerprint density at radius 2 is 1.92 bits per heavy atom. The average Bonchev–Trinajstić information content (AvgIpc) is 2.61. The van der Waals surface area contributed by atoms with Crippen molar-refractivity contribution >= 4 is 11.9 Å². The van der Waals surface area contributed by atoms with Crippen molar-refractivity contribution in [2.75, 3.05) is 0 Å². The lowest BCUT2D eigenvalue weighted by Gasteiger charge is -2.25. The fourth-order valence-corrected chi connectivity index (χ4v) is 2.50. The van der Waals surface area contributed by atoms with Crippen molar-refractivity contribution < 1.29 is 14.3 Å². The second kappa shape index (κ2) is 2.82. The minimum atomic E-state index is -0.506. The van der Waals surface area contributed by atoms with Gasteiger partial charge in [0, 0.05) is 0 Å². The molecule has 1 aliphatic heterocycles. The van der Waals surface area contributed by atoms with Crippen LogP contribution in [0.4, 0.5) is 0 Å². The van der Waals surface area contributed by atoms with Crippen LogP contribution in [0.25, 0.3) is 0 Å². The van der Waals surface area contributed by atoms with E-state index in [0.29, 0.717) is 5.92 Å². The highest BCUT2D eigenvalue weighted by Gasteiger charge is 2.50. The standard InChI is InChI=1S/C10H14O3/c1-10(7-4-2-3-5-7)6-8(11)13-9(10)12/h7H,2-6H2,1H3. The topological polar surface area (TPSA) is 43.4 Å². The molecule has 1 saturated heterocycles. The summed E-state index contributed by atoms with van der Waals surface area (Å²) in [5, 5.41) is 0. The van der Waals surface area contributed by atoms with Crippen molar-refractivity contribution in [3.8, 4) is 0 Å². The van der Waals surface area contributed by atoms with E-state index in [-0.39, 0.29) is 18.4 Å². The van der Waals surface area contributed by atoms with E-state index in [1.807, 2.05) is 6.92 Å². The minimum Gasteiger partial charge on any atom is -0.393 e. The van der Waals surface area contributed by atoms with Crippen molar-refractivity contribution in [1.29, 1.82) is 0 Å². The van der Waals surface area contributed by atoms with Crippen LogP contribution >= 0.6 is 0 Å². The zero-order valence-electron chi connectivity index (χ0n) is 7.84. The van der Waals surface area contributed by atoms with Crippen molar-refractivity contribution in [1.82, 2.24) is 0 Å². The van der Waals surface area contributed by atoms with E-state index in [1.165, 1.54) is 12.8 Å². The number of esters is 2. The summed E-state index contributed by atoms with van der Waals surface area (Å²) in [6.45, 7) is 1.87. The Bertz CT molecular complexity index is 253. The average molecular weight is 182 g/mol. The molecular formula is C10H14O3. The normalized spacial score (nSPS) is 35.5. The van der Waals surface area contributed by atoms with Gasteiger partial charge >= 0.3 is 11.9 Å². The first-order chi connectivity index (χ1) is 6.13. The second-order valence-corrected chi connectivity index (χ2v) is 4.34. The largest absolute Gasteiger partial charge is 0.393 e. The Morgan fingerprint density at radius 3 is 2.38 bits per heavy atom. The predicted molar refractivity (Wildman–Crippen MR) is 45.8 cm³/mol. The molecule has 72 valence electrons. The van der Waals surface area contributed by atoms with Crippen LogP contribution in [-0.2, 0) is 14.3 Å². The second-order valence-electron chi connectivity index (χ2n) is 4.34. The summed E-state index contributed by atoms with van der Waals surface area (Å²) in [4.78, 5) is 22.4. The summed E-state index contributed by atoms with van der Waals surface area (Å²) >= 11 is 0. The monoisotopic (exact) mass is 182 g/mol. The molecule has 0 N–H and O–H groups in total. The molecule has 0 radical (unpaired) electrons. The molecule has 1 unspecified atom stereocenters. The zero-order chi connectivity index (χ0) is 9.47. The van der Waals surface area contributed by atoms with Gasteiger partial charge in [0.2, 0.25) is 0 Å². The third kappa shape index (κ3) is 1.26. The van der Waals surface area contributed by atoms with Crippen LogP contribution in [0.5, 0.6) is 0 Å². The van der Waals surface area contributed by atoms with Crippen LogP contribution < -0.4 is 0 Å². The quantitative estimate of drug-likeness (QED) is 0.457. The fraction of sp³-hybridized carbons (Fsp3) is 0.800. The Morgan fingerprint density at radius 1 is 1.31 bits per heavy atom. The Kier molecular flexibility index (Phi) is 1.90. The molecule has 0 amide bonds. The van der Waals surface area contributed by atoms with Crippen molar-refractivity contribution in [3.63, 3.8) is 0 Å². The van der Waals surface area contributed by atoms with Crippen LogP contribution in [0, 0.1) is 11.3 Å². The molecule has 3 nitrogen and oxygen atoms in total. The first-order valence-corrected chi connectivity index (χ1v) is 4.88. The van der Waals surface area contributed by atoms with Crippen molar-refractivity contribution in [2.45, 2.75) is 39.0 Å². The third-order valence-electron chi connectivity index (χ3n) is 3.44. The maximum Gasteiger partial charge on any atom is 0.320 e. The van der Waals surface area contributed by atoms with Gasteiger partial charge in [-0.15, -0.1) is 0 Å². The van der Waals surface area contributed by atoms with Gasteiger partial charge in [0.15, 0.2) is 0 Å². The van der Waals surface area contributed by atoms with Crippen LogP contribution in [-0.4, -0.2) is 11.9 Å². The van der Waals surface area contributed by atoms with Crippen molar-refractivity contribution in [3.05, 3.63) is 0 Å². The molecular weight excluding hydrogens is 168 g/mol. The lowest BCUT2D eigenvalue weighted by atomic mass is 9.75. The molecule has 0 bridgehead atoms. The van der Waals surface area contributed by atoms with Gasteiger partial charge in [-0.05, 0) is 25.7 Å². The summed E-state index contributed by atoms with van der Waals surface area (Å²) in [6.07, 6.45) is 4.79. The zero-order valence-corrected chi connectivity index (χ0v) is 7.84. The van der Waals surface area contributed by atoms with Crippen molar-refractivity contribution in [2.24, 2.45) is 11.3 Å². The van der Waals surface area contributed by atoms with E-state index in [1.54, 1.807) is 0 Å². The molecule has 1 aliphatic carbocycles. The van der Waals surface area contributed by atoms with Gasteiger partial charge in [-0.25, -0.2) is 0 Å². The molecule has 0 aromatic heterocycles. The number of rotatable bonds is 1. The first-order valence-electron chi connectivity index (χ1n) is 4.88. The highest BCUT2D eigenvalue weighted by atomic mass is 16.6. The van der Waals surface area contributed by atoms with Gasteiger partial charge in [0.05, 0.1) is 11.8 Å². The Labute approximate surface area is 77.4 Å². The SMILES string of the molecule is CC1(C2CCCC2)CC(=O)OC1=O. The predicted octanol–water partition coefficient (Wildman–Crippen LogP) is 1.66. The Hall–Kier alpha value is -0.860. The lowest BCUT2D eigenvalue weighted by Crippen LogP contribution is -2.30. The number of cyclic esters (lactones) is 2. The van der Waals surface area contributed by atoms with Crippen LogP contribution in [0.1, 0.15) is 39.0 Å². The van der Waals surface area contributed by atoms with Crippen LogP contribution in [0.15, 0.2) is 0 Å². The van der Waals surface area contributed by atoms with Crippen LogP contribution in [0.3, 0.4) is 0 Å². The highest BCUT2D eigenvalue weighted by Crippen LogP contribution is 2.45. The smallest absolute Gasteiger partial charge is 0.320 e. The minimum absolute atomic E-state index is 0.288. The maximum absolute atomic E-state index is 11.5. The van der Waals surface area contributed by atoms with Crippen LogP contribution in [0.2, 0.25) is 0 Å².